The molecule has 0 unspecified atom stereocenters. The Bertz CT molecular complexity index is 761. The lowest BCUT2D eigenvalue weighted by Gasteiger charge is -2.10. The van der Waals surface area contributed by atoms with Gasteiger partial charge in [-0.25, -0.2) is 0 Å². The Morgan fingerprint density at radius 2 is 1.92 bits per heavy atom. The fourth-order valence-electron chi connectivity index (χ4n) is 2.09. The van der Waals surface area contributed by atoms with E-state index in [1.807, 2.05) is 38.1 Å². The Balaban J connectivity index is 1.70. The average Bonchev–Trinajstić information content (AvgIpc) is 2.56. The van der Waals surface area contributed by atoms with E-state index in [4.69, 9.17) is 21.1 Å². The number of hydrogen-bond donors (Lipinski definition) is 1. The number of hydrogen-bond acceptors (Lipinski definition) is 4. The summed E-state index contributed by atoms with van der Waals surface area (Å²) in [6.45, 7) is 3.65. The molecule has 0 aliphatic heterocycles. The summed E-state index contributed by atoms with van der Waals surface area (Å²) < 4.78 is 10.4. The molecule has 0 bridgehead atoms. The zero-order chi connectivity index (χ0) is 18.2. The molecule has 132 valence electrons. The first kappa shape index (κ1) is 18.8. The molecule has 0 atom stereocenters. The van der Waals surface area contributed by atoms with E-state index >= 15 is 0 Å². The predicted octanol–water partition coefficient (Wildman–Crippen LogP) is 3.91. The normalized spacial score (nSPS) is 10.2. The fourth-order valence-corrected chi connectivity index (χ4v) is 2.26. The number of esters is 1. The standard InChI is InChI=1S/C19H20ClNO4/c1-13-4-3-5-16(10-13)24-9-8-19(23)25-12-18(22)21-17-11-15(20)7-6-14(17)2/h3-7,10-11H,8-9,12H2,1-2H3,(H,21,22). The number of carbonyl (C=O) groups is 2. The first-order valence-electron chi connectivity index (χ1n) is 7.85. The van der Waals surface area contributed by atoms with Crippen LogP contribution in [0.5, 0.6) is 5.75 Å². The summed E-state index contributed by atoms with van der Waals surface area (Å²) in [6.07, 6.45) is 0.0669. The summed E-state index contributed by atoms with van der Waals surface area (Å²) in [7, 11) is 0. The molecule has 0 saturated heterocycles. The van der Waals surface area contributed by atoms with E-state index in [1.54, 1.807) is 18.2 Å². The molecule has 0 aromatic heterocycles. The van der Waals surface area contributed by atoms with Gasteiger partial charge in [-0.2, -0.15) is 0 Å². The lowest BCUT2D eigenvalue weighted by atomic mass is 10.2. The lowest BCUT2D eigenvalue weighted by molar-refractivity contribution is -0.147. The molecule has 6 heteroatoms. The zero-order valence-electron chi connectivity index (χ0n) is 14.2. The van der Waals surface area contributed by atoms with E-state index in [9.17, 15) is 9.59 Å². The molecule has 1 amide bonds. The van der Waals surface area contributed by atoms with Gasteiger partial charge in [-0.3, -0.25) is 9.59 Å². The van der Waals surface area contributed by atoms with Crippen molar-refractivity contribution in [3.05, 3.63) is 58.6 Å². The molecular weight excluding hydrogens is 342 g/mol. The van der Waals surface area contributed by atoms with Crippen LogP contribution in [-0.4, -0.2) is 25.1 Å². The van der Waals surface area contributed by atoms with Crippen LogP contribution in [0.25, 0.3) is 0 Å². The second-order valence-corrected chi connectivity index (χ2v) is 6.02. The minimum Gasteiger partial charge on any atom is -0.493 e. The van der Waals surface area contributed by atoms with Crippen LogP contribution in [0.2, 0.25) is 5.02 Å². The highest BCUT2D eigenvalue weighted by molar-refractivity contribution is 6.31. The molecule has 0 radical (unpaired) electrons. The van der Waals surface area contributed by atoms with Crippen molar-refractivity contribution in [3.63, 3.8) is 0 Å². The predicted molar refractivity (Wildman–Crippen MR) is 97.1 cm³/mol. The molecule has 2 aromatic carbocycles. The quantitative estimate of drug-likeness (QED) is 0.759. The lowest BCUT2D eigenvalue weighted by Crippen LogP contribution is -2.22. The third kappa shape index (κ3) is 6.47. The maximum atomic E-state index is 11.9. The molecule has 0 fully saturated rings. The average molecular weight is 362 g/mol. The van der Waals surface area contributed by atoms with Crippen molar-refractivity contribution < 1.29 is 19.1 Å². The van der Waals surface area contributed by atoms with Gasteiger partial charge in [-0.05, 0) is 49.2 Å². The Kier molecular flexibility index (Phi) is 6.83. The van der Waals surface area contributed by atoms with Gasteiger partial charge in [0.05, 0.1) is 13.0 Å². The van der Waals surface area contributed by atoms with Gasteiger partial charge in [0.2, 0.25) is 0 Å². The number of anilines is 1. The summed E-state index contributed by atoms with van der Waals surface area (Å²) in [4.78, 5) is 23.5. The van der Waals surface area contributed by atoms with E-state index in [0.29, 0.717) is 16.5 Å². The molecule has 2 rings (SSSR count). The number of ether oxygens (including phenoxy) is 2. The Hall–Kier alpha value is -2.53. The number of nitrogens with one attached hydrogen (secondary N) is 1. The van der Waals surface area contributed by atoms with Crippen molar-refractivity contribution in [2.24, 2.45) is 0 Å². The van der Waals surface area contributed by atoms with Gasteiger partial charge in [-0.1, -0.05) is 29.8 Å². The topological polar surface area (TPSA) is 64.6 Å². The molecule has 2 aromatic rings. The van der Waals surface area contributed by atoms with E-state index in [2.05, 4.69) is 5.32 Å². The van der Waals surface area contributed by atoms with Crippen LogP contribution in [0.1, 0.15) is 17.5 Å². The Labute approximate surface area is 151 Å². The fraction of sp³-hybridized carbons (Fsp3) is 0.263. The summed E-state index contributed by atoms with van der Waals surface area (Å²) in [5.74, 6) is -0.217. The highest BCUT2D eigenvalue weighted by atomic mass is 35.5. The van der Waals surface area contributed by atoms with Gasteiger partial charge in [0.25, 0.3) is 5.91 Å². The van der Waals surface area contributed by atoms with E-state index in [1.165, 1.54) is 0 Å². The van der Waals surface area contributed by atoms with Crippen molar-refractivity contribution >= 4 is 29.2 Å². The first-order valence-corrected chi connectivity index (χ1v) is 8.23. The van der Waals surface area contributed by atoms with Gasteiger partial charge in [0.1, 0.15) is 5.75 Å². The minimum absolute atomic E-state index is 0.0669. The van der Waals surface area contributed by atoms with Crippen LogP contribution in [0.3, 0.4) is 0 Å². The van der Waals surface area contributed by atoms with Crippen LogP contribution in [0.4, 0.5) is 5.69 Å². The highest BCUT2D eigenvalue weighted by Gasteiger charge is 2.10. The third-order valence-corrected chi connectivity index (χ3v) is 3.64. The van der Waals surface area contributed by atoms with E-state index in [-0.39, 0.29) is 19.6 Å². The van der Waals surface area contributed by atoms with Crippen molar-refractivity contribution in [1.29, 1.82) is 0 Å². The summed E-state index contributed by atoms with van der Waals surface area (Å²) in [6, 6.07) is 12.7. The molecule has 1 N–H and O–H groups in total. The van der Waals surface area contributed by atoms with Gasteiger partial charge in [-0.15, -0.1) is 0 Å². The number of benzene rings is 2. The third-order valence-electron chi connectivity index (χ3n) is 3.40. The number of carbonyl (C=O) groups excluding carboxylic acids is 2. The maximum Gasteiger partial charge on any atom is 0.309 e. The van der Waals surface area contributed by atoms with E-state index < -0.39 is 11.9 Å². The number of amides is 1. The maximum absolute atomic E-state index is 11.9. The summed E-state index contributed by atoms with van der Waals surface area (Å²) >= 11 is 5.89. The molecule has 0 aliphatic carbocycles. The molecule has 5 nitrogen and oxygen atoms in total. The Morgan fingerprint density at radius 1 is 1.12 bits per heavy atom. The molecule has 0 spiro atoms. The van der Waals surface area contributed by atoms with Crippen LogP contribution >= 0.6 is 11.6 Å². The molecule has 0 heterocycles. The van der Waals surface area contributed by atoms with Gasteiger partial charge in [0, 0.05) is 10.7 Å². The first-order chi connectivity index (χ1) is 11.9. The smallest absolute Gasteiger partial charge is 0.309 e. The van der Waals surface area contributed by atoms with E-state index in [0.717, 1.165) is 11.1 Å². The van der Waals surface area contributed by atoms with Crippen LogP contribution in [-0.2, 0) is 14.3 Å². The Morgan fingerprint density at radius 3 is 2.68 bits per heavy atom. The van der Waals surface area contributed by atoms with Crippen LogP contribution < -0.4 is 10.1 Å². The zero-order valence-corrected chi connectivity index (χ0v) is 14.9. The number of halogens is 1. The number of rotatable bonds is 7. The van der Waals surface area contributed by atoms with Crippen molar-refractivity contribution in [1.82, 2.24) is 0 Å². The van der Waals surface area contributed by atoms with Gasteiger partial charge < -0.3 is 14.8 Å². The van der Waals surface area contributed by atoms with Crippen molar-refractivity contribution in [3.8, 4) is 5.75 Å². The summed E-state index contributed by atoms with van der Waals surface area (Å²) in [5, 5.41) is 3.18. The summed E-state index contributed by atoms with van der Waals surface area (Å²) in [5.41, 5.74) is 2.54. The van der Waals surface area contributed by atoms with Crippen LogP contribution in [0.15, 0.2) is 42.5 Å². The largest absolute Gasteiger partial charge is 0.493 e. The second-order valence-electron chi connectivity index (χ2n) is 5.58. The molecule has 0 aliphatic rings. The highest BCUT2D eigenvalue weighted by Crippen LogP contribution is 2.20. The van der Waals surface area contributed by atoms with Gasteiger partial charge in [0.15, 0.2) is 6.61 Å². The molecule has 0 saturated carbocycles. The molecular formula is C19H20ClNO4. The SMILES string of the molecule is Cc1cccc(OCCC(=O)OCC(=O)Nc2cc(Cl)ccc2C)c1. The van der Waals surface area contributed by atoms with Gasteiger partial charge >= 0.3 is 5.97 Å². The van der Waals surface area contributed by atoms with Crippen LogP contribution in [0, 0.1) is 13.8 Å². The monoisotopic (exact) mass is 361 g/mol. The van der Waals surface area contributed by atoms with Crippen molar-refractivity contribution in [2.45, 2.75) is 20.3 Å². The molecule has 25 heavy (non-hydrogen) atoms. The number of aryl methyl sites for hydroxylation is 2. The van der Waals surface area contributed by atoms with Crippen molar-refractivity contribution in [2.75, 3.05) is 18.5 Å². The minimum atomic E-state index is -0.495. The second kappa shape index (κ2) is 9.08.